The third-order valence-corrected chi connectivity index (χ3v) is 4.05. The lowest BCUT2D eigenvalue weighted by molar-refractivity contribution is 0.281. The van der Waals surface area contributed by atoms with Crippen LogP contribution in [0, 0.1) is 0 Å². The molecule has 19 heavy (non-hydrogen) atoms. The Kier molecular flexibility index (Phi) is 3.85. The van der Waals surface area contributed by atoms with Crippen LogP contribution in [0.2, 0.25) is 5.02 Å². The minimum atomic E-state index is 0.324. The van der Waals surface area contributed by atoms with Crippen molar-refractivity contribution in [2.24, 2.45) is 0 Å². The van der Waals surface area contributed by atoms with Gasteiger partial charge in [-0.25, -0.2) is 0 Å². The molecule has 2 fully saturated rings. The predicted octanol–water partition coefficient (Wildman–Crippen LogP) is 3.70. The number of halogens is 1. The number of nitrogens with one attached hydrogen (secondary N) is 1. The zero-order valence-electron chi connectivity index (χ0n) is 11.2. The van der Waals surface area contributed by atoms with Gasteiger partial charge in [-0.3, -0.25) is 0 Å². The summed E-state index contributed by atoms with van der Waals surface area (Å²) >= 11 is 6.37. The summed E-state index contributed by atoms with van der Waals surface area (Å²) < 4.78 is 11.3. The molecule has 1 unspecified atom stereocenters. The highest BCUT2D eigenvalue weighted by Crippen LogP contribution is 2.42. The number of hydrogen-bond acceptors (Lipinski definition) is 3. The first-order chi connectivity index (χ1) is 9.28. The van der Waals surface area contributed by atoms with Crippen molar-refractivity contribution in [1.82, 2.24) is 5.32 Å². The Hall–Kier alpha value is -0.930. The van der Waals surface area contributed by atoms with Gasteiger partial charge < -0.3 is 14.8 Å². The molecule has 0 radical (unpaired) electrons. The van der Waals surface area contributed by atoms with Crippen molar-refractivity contribution >= 4 is 11.6 Å². The molecule has 2 aliphatic rings. The van der Waals surface area contributed by atoms with Crippen LogP contribution in [0.5, 0.6) is 11.5 Å². The molecule has 1 saturated carbocycles. The highest BCUT2D eigenvalue weighted by atomic mass is 35.5. The molecular weight excluding hydrogens is 262 g/mol. The Morgan fingerprint density at radius 3 is 2.68 bits per heavy atom. The first kappa shape index (κ1) is 13.1. The van der Waals surface area contributed by atoms with E-state index < -0.39 is 0 Å². The van der Waals surface area contributed by atoms with Gasteiger partial charge in [0.2, 0.25) is 0 Å². The molecule has 1 heterocycles. The number of benzene rings is 1. The second-order valence-electron chi connectivity index (χ2n) is 5.35. The summed E-state index contributed by atoms with van der Waals surface area (Å²) in [6.45, 7) is 1.07. The van der Waals surface area contributed by atoms with Crippen LogP contribution in [-0.2, 0) is 0 Å². The molecule has 3 nitrogen and oxygen atoms in total. The van der Waals surface area contributed by atoms with Gasteiger partial charge in [-0.1, -0.05) is 18.0 Å². The van der Waals surface area contributed by atoms with E-state index in [1.165, 1.54) is 18.4 Å². The topological polar surface area (TPSA) is 30.5 Å². The summed E-state index contributed by atoms with van der Waals surface area (Å²) in [6.07, 6.45) is 6.23. The van der Waals surface area contributed by atoms with E-state index in [-0.39, 0.29) is 0 Å². The minimum Gasteiger partial charge on any atom is -0.493 e. The molecular formula is C15H20ClNO2. The summed E-state index contributed by atoms with van der Waals surface area (Å²) in [7, 11) is 1.67. The molecule has 0 bridgehead atoms. The number of methoxy groups -OCH3 is 1. The lowest BCUT2D eigenvalue weighted by Gasteiger charge is -2.25. The van der Waals surface area contributed by atoms with Crippen LogP contribution in [-0.4, -0.2) is 19.8 Å². The van der Waals surface area contributed by atoms with Gasteiger partial charge in [-0.2, -0.15) is 0 Å². The summed E-state index contributed by atoms with van der Waals surface area (Å²) in [5.41, 5.74) is 1.20. The predicted molar refractivity (Wildman–Crippen MR) is 76.2 cm³/mol. The Morgan fingerprint density at radius 1 is 1.21 bits per heavy atom. The van der Waals surface area contributed by atoms with E-state index in [0.717, 1.165) is 31.6 Å². The zero-order chi connectivity index (χ0) is 13.2. The van der Waals surface area contributed by atoms with Crippen LogP contribution in [0.1, 0.15) is 43.7 Å². The maximum atomic E-state index is 6.37. The van der Waals surface area contributed by atoms with Gasteiger partial charge in [0.1, 0.15) is 0 Å². The van der Waals surface area contributed by atoms with Gasteiger partial charge in [0.05, 0.1) is 18.2 Å². The molecule has 1 atom stereocenters. The molecule has 1 aromatic carbocycles. The Balaban J connectivity index is 1.86. The summed E-state index contributed by atoms with van der Waals surface area (Å²) in [5.74, 6) is 1.45. The number of ether oxygens (including phenoxy) is 2. The number of piperidine rings is 1. The fourth-order valence-corrected chi connectivity index (χ4v) is 2.81. The van der Waals surface area contributed by atoms with Crippen molar-refractivity contribution in [3.8, 4) is 11.5 Å². The van der Waals surface area contributed by atoms with Crippen molar-refractivity contribution in [3.63, 3.8) is 0 Å². The highest BCUT2D eigenvalue weighted by Gasteiger charge is 2.27. The quantitative estimate of drug-likeness (QED) is 0.913. The smallest absolute Gasteiger partial charge is 0.180 e. The Morgan fingerprint density at radius 2 is 2.05 bits per heavy atom. The van der Waals surface area contributed by atoms with Gasteiger partial charge in [-0.05, 0) is 49.9 Å². The lowest BCUT2D eigenvalue weighted by atomic mass is 9.97. The van der Waals surface area contributed by atoms with Crippen molar-refractivity contribution in [1.29, 1.82) is 0 Å². The highest BCUT2D eigenvalue weighted by molar-refractivity contribution is 6.32. The molecule has 1 aromatic rings. The SMILES string of the molecule is COc1cc(C2CCCCN2)cc(Cl)c1OC1CC1. The van der Waals surface area contributed by atoms with E-state index >= 15 is 0 Å². The monoisotopic (exact) mass is 281 g/mol. The average Bonchev–Trinajstić information content (AvgIpc) is 3.26. The fraction of sp³-hybridized carbons (Fsp3) is 0.600. The van der Waals surface area contributed by atoms with Crippen LogP contribution in [0.15, 0.2) is 12.1 Å². The van der Waals surface area contributed by atoms with E-state index in [0.29, 0.717) is 22.9 Å². The van der Waals surface area contributed by atoms with Crippen molar-refractivity contribution in [2.45, 2.75) is 44.2 Å². The fourth-order valence-electron chi connectivity index (χ4n) is 2.54. The van der Waals surface area contributed by atoms with Crippen molar-refractivity contribution in [2.75, 3.05) is 13.7 Å². The van der Waals surface area contributed by atoms with Crippen LogP contribution in [0.4, 0.5) is 0 Å². The Labute approximate surface area is 119 Å². The van der Waals surface area contributed by atoms with E-state index in [4.69, 9.17) is 21.1 Å². The van der Waals surface area contributed by atoms with E-state index in [1.54, 1.807) is 7.11 Å². The molecule has 3 rings (SSSR count). The first-order valence-corrected chi connectivity index (χ1v) is 7.43. The van der Waals surface area contributed by atoms with Crippen LogP contribution in [0.25, 0.3) is 0 Å². The van der Waals surface area contributed by atoms with Crippen LogP contribution >= 0.6 is 11.6 Å². The third kappa shape index (κ3) is 2.98. The minimum absolute atomic E-state index is 0.324. The number of rotatable bonds is 4. The summed E-state index contributed by atoms with van der Waals surface area (Å²) in [4.78, 5) is 0. The normalized spacial score (nSPS) is 23.2. The van der Waals surface area contributed by atoms with Gasteiger partial charge in [0, 0.05) is 6.04 Å². The Bertz CT molecular complexity index is 454. The summed E-state index contributed by atoms with van der Waals surface area (Å²) in [6, 6.07) is 4.47. The molecule has 0 spiro atoms. The maximum absolute atomic E-state index is 6.37. The van der Waals surface area contributed by atoms with Crippen molar-refractivity contribution < 1.29 is 9.47 Å². The first-order valence-electron chi connectivity index (χ1n) is 7.05. The largest absolute Gasteiger partial charge is 0.493 e. The van der Waals surface area contributed by atoms with Crippen LogP contribution in [0.3, 0.4) is 0 Å². The molecule has 1 N–H and O–H groups in total. The van der Waals surface area contributed by atoms with E-state index in [1.807, 2.05) is 6.07 Å². The second kappa shape index (κ2) is 5.59. The van der Waals surface area contributed by atoms with Gasteiger partial charge >= 0.3 is 0 Å². The molecule has 1 aliphatic carbocycles. The molecule has 104 valence electrons. The van der Waals surface area contributed by atoms with Crippen LogP contribution < -0.4 is 14.8 Å². The van der Waals surface area contributed by atoms with Gasteiger partial charge in [0.15, 0.2) is 11.5 Å². The molecule has 0 amide bonds. The summed E-state index contributed by atoms with van der Waals surface area (Å²) in [5, 5.41) is 4.19. The maximum Gasteiger partial charge on any atom is 0.180 e. The molecule has 4 heteroatoms. The molecule has 1 saturated heterocycles. The van der Waals surface area contributed by atoms with Gasteiger partial charge in [0.25, 0.3) is 0 Å². The van der Waals surface area contributed by atoms with Crippen molar-refractivity contribution in [3.05, 3.63) is 22.7 Å². The molecule has 0 aromatic heterocycles. The average molecular weight is 282 g/mol. The van der Waals surface area contributed by atoms with Gasteiger partial charge in [-0.15, -0.1) is 0 Å². The zero-order valence-corrected chi connectivity index (χ0v) is 12.0. The third-order valence-electron chi connectivity index (χ3n) is 3.77. The van der Waals surface area contributed by atoms with E-state index in [9.17, 15) is 0 Å². The standard InChI is InChI=1S/C15H20ClNO2/c1-18-14-9-10(13-4-2-3-7-17-13)8-12(16)15(14)19-11-5-6-11/h8-9,11,13,17H,2-7H2,1H3. The molecule has 1 aliphatic heterocycles. The second-order valence-corrected chi connectivity index (χ2v) is 5.76. The number of hydrogen-bond donors (Lipinski definition) is 1. The lowest BCUT2D eigenvalue weighted by Crippen LogP contribution is -2.26. The van der Waals surface area contributed by atoms with E-state index in [2.05, 4.69) is 11.4 Å².